The molecular formula is C13H16BrN3. The third kappa shape index (κ3) is 2.28. The molecule has 1 heterocycles. The highest BCUT2D eigenvalue weighted by Crippen LogP contribution is 2.26. The second kappa shape index (κ2) is 5.02. The summed E-state index contributed by atoms with van der Waals surface area (Å²) in [6.07, 6.45) is 1.86. The lowest BCUT2D eigenvalue weighted by Gasteiger charge is -2.13. The van der Waals surface area contributed by atoms with Crippen LogP contribution in [-0.4, -0.2) is 9.78 Å². The molecule has 2 aromatic rings. The third-order valence-electron chi connectivity index (χ3n) is 2.73. The minimum atomic E-state index is 0.392. The molecule has 90 valence electrons. The van der Waals surface area contributed by atoms with Crippen molar-refractivity contribution >= 4 is 15.9 Å². The van der Waals surface area contributed by atoms with Crippen LogP contribution in [0.25, 0.3) is 5.69 Å². The van der Waals surface area contributed by atoms with Gasteiger partial charge in [0.05, 0.1) is 17.6 Å². The summed E-state index contributed by atoms with van der Waals surface area (Å²) in [6, 6.07) is 8.07. The van der Waals surface area contributed by atoms with Crippen molar-refractivity contribution in [2.45, 2.75) is 26.3 Å². The van der Waals surface area contributed by atoms with Gasteiger partial charge in [-0.05, 0) is 34.0 Å². The van der Waals surface area contributed by atoms with E-state index in [-0.39, 0.29) is 0 Å². The van der Waals surface area contributed by atoms with Crippen molar-refractivity contribution in [3.05, 3.63) is 46.2 Å². The van der Waals surface area contributed by atoms with Gasteiger partial charge in [-0.1, -0.05) is 26.0 Å². The first-order chi connectivity index (χ1) is 8.15. The number of hydrogen-bond acceptors (Lipinski definition) is 2. The number of rotatable bonds is 3. The molecule has 0 aliphatic carbocycles. The summed E-state index contributed by atoms with van der Waals surface area (Å²) in [4.78, 5) is 0. The van der Waals surface area contributed by atoms with Crippen molar-refractivity contribution in [3.63, 3.8) is 0 Å². The van der Waals surface area contributed by atoms with E-state index in [1.807, 2.05) is 35.1 Å². The zero-order chi connectivity index (χ0) is 12.4. The minimum Gasteiger partial charge on any atom is -0.326 e. The molecule has 0 atom stereocenters. The monoisotopic (exact) mass is 293 g/mol. The Kier molecular flexibility index (Phi) is 3.64. The maximum absolute atomic E-state index is 5.75. The second-order valence-corrected chi connectivity index (χ2v) is 5.13. The fourth-order valence-corrected chi connectivity index (χ4v) is 2.43. The van der Waals surface area contributed by atoms with Gasteiger partial charge in [0, 0.05) is 16.6 Å². The second-order valence-electron chi connectivity index (χ2n) is 4.28. The van der Waals surface area contributed by atoms with Crippen molar-refractivity contribution in [3.8, 4) is 5.69 Å². The summed E-state index contributed by atoms with van der Waals surface area (Å²) >= 11 is 3.56. The molecule has 0 saturated heterocycles. The van der Waals surface area contributed by atoms with Gasteiger partial charge in [0.2, 0.25) is 0 Å². The number of nitrogens with zero attached hydrogens (tertiary/aromatic N) is 2. The van der Waals surface area contributed by atoms with Crippen LogP contribution in [0.5, 0.6) is 0 Å². The molecule has 0 bridgehead atoms. The van der Waals surface area contributed by atoms with Crippen molar-refractivity contribution in [2.75, 3.05) is 0 Å². The van der Waals surface area contributed by atoms with Crippen molar-refractivity contribution in [2.24, 2.45) is 5.73 Å². The Balaban J connectivity index is 2.60. The van der Waals surface area contributed by atoms with Crippen LogP contribution in [-0.2, 0) is 6.54 Å². The summed E-state index contributed by atoms with van der Waals surface area (Å²) in [5.41, 5.74) is 9.09. The largest absolute Gasteiger partial charge is 0.326 e. The topological polar surface area (TPSA) is 43.8 Å². The van der Waals surface area contributed by atoms with E-state index in [1.54, 1.807) is 0 Å². The molecule has 0 spiro atoms. The van der Waals surface area contributed by atoms with Crippen LogP contribution in [0, 0.1) is 0 Å². The molecule has 2 N–H and O–H groups in total. The number of hydrogen-bond donors (Lipinski definition) is 1. The molecule has 0 saturated carbocycles. The lowest BCUT2D eigenvalue weighted by atomic mass is 10.1. The average molecular weight is 294 g/mol. The SMILES string of the molecule is CC(C)c1c(CN)cnn1-c1ccccc1Br. The first-order valence-electron chi connectivity index (χ1n) is 5.67. The van der Waals surface area contributed by atoms with E-state index in [0.29, 0.717) is 12.5 Å². The molecule has 4 heteroatoms. The molecule has 1 aromatic heterocycles. The number of nitrogens with two attached hydrogens (primary N) is 1. The molecule has 0 radical (unpaired) electrons. The molecule has 0 fully saturated rings. The Labute approximate surface area is 110 Å². The molecule has 1 aromatic carbocycles. The number of halogens is 1. The highest BCUT2D eigenvalue weighted by atomic mass is 79.9. The fraction of sp³-hybridized carbons (Fsp3) is 0.308. The van der Waals surface area contributed by atoms with Gasteiger partial charge in [-0.15, -0.1) is 0 Å². The van der Waals surface area contributed by atoms with Crippen LogP contribution in [0.2, 0.25) is 0 Å². The molecule has 0 unspecified atom stereocenters. The Hall–Kier alpha value is -1.13. The Morgan fingerprint density at radius 1 is 1.35 bits per heavy atom. The Morgan fingerprint density at radius 3 is 2.65 bits per heavy atom. The van der Waals surface area contributed by atoms with Gasteiger partial charge in [-0.2, -0.15) is 5.10 Å². The molecule has 0 aliphatic heterocycles. The van der Waals surface area contributed by atoms with E-state index in [0.717, 1.165) is 15.7 Å². The maximum atomic E-state index is 5.75. The zero-order valence-electron chi connectivity index (χ0n) is 10.0. The predicted octanol–water partition coefficient (Wildman–Crippen LogP) is 3.22. The first kappa shape index (κ1) is 12.3. The van der Waals surface area contributed by atoms with Gasteiger partial charge in [-0.25, -0.2) is 4.68 Å². The summed E-state index contributed by atoms with van der Waals surface area (Å²) in [5.74, 6) is 0.392. The highest BCUT2D eigenvalue weighted by Gasteiger charge is 2.15. The Morgan fingerprint density at radius 2 is 2.06 bits per heavy atom. The molecule has 17 heavy (non-hydrogen) atoms. The standard InChI is InChI=1S/C13H16BrN3/c1-9(2)13-10(7-15)8-16-17(13)12-6-4-3-5-11(12)14/h3-6,8-9H,7,15H2,1-2H3. The lowest BCUT2D eigenvalue weighted by Crippen LogP contribution is -2.08. The third-order valence-corrected chi connectivity index (χ3v) is 3.40. The summed E-state index contributed by atoms with van der Waals surface area (Å²) < 4.78 is 3.00. The molecular weight excluding hydrogens is 278 g/mol. The normalized spacial score (nSPS) is 11.1. The van der Waals surface area contributed by atoms with Crippen LogP contribution in [0.15, 0.2) is 34.9 Å². The summed E-state index contributed by atoms with van der Waals surface area (Å²) in [5, 5.41) is 4.45. The van der Waals surface area contributed by atoms with E-state index in [1.165, 1.54) is 5.69 Å². The smallest absolute Gasteiger partial charge is 0.0790 e. The van der Waals surface area contributed by atoms with Gasteiger partial charge in [-0.3, -0.25) is 0 Å². The van der Waals surface area contributed by atoms with Gasteiger partial charge in [0.1, 0.15) is 0 Å². The quantitative estimate of drug-likeness (QED) is 0.944. The minimum absolute atomic E-state index is 0.392. The van der Waals surface area contributed by atoms with Crippen LogP contribution in [0.1, 0.15) is 31.0 Å². The van der Waals surface area contributed by atoms with E-state index >= 15 is 0 Å². The predicted molar refractivity (Wildman–Crippen MR) is 73.2 cm³/mol. The van der Waals surface area contributed by atoms with E-state index in [4.69, 9.17) is 5.73 Å². The molecule has 3 nitrogen and oxygen atoms in total. The van der Waals surface area contributed by atoms with E-state index in [2.05, 4.69) is 34.9 Å². The van der Waals surface area contributed by atoms with Crippen LogP contribution in [0.3, 0.4) is 0 Å². The number of benzene rings is 1. The molecule has 2 rings (SSSR count). The number of aromatic nitrogens is 2. The van der Waals surface area contributed by atoms with Crippen molar-refractivity contribution in [1.82, 2.24) is 9.78 Å². The van der Waals surface area contributed by atoms with Crippen molar-refractivity contribution < 1.29 is 0 Å². The van der Waals surface area contributed by atoms with Crippen LogP contribution < -0.4 is 5.73 Å². The highest BCUT2D eigenvalue weighted by molar-refractivity contribution is 9.10. The first-order valence-corrected chi connectivity index (χ1v) is 6.46. The van der Waals surface area contributed by atoms with Crippen molar-refractivity contribution in [1.29, 1.82) is 0 Å². The average Bonchev–Trinajstić information content (AvgIpc) is 2.73. The fourth-order valence-electron chi connectivity index (χ4n) is 1.98. The summed E-state index contributed by atoms with van der Waals surface area (Å²) in [6.45, 7) is 4.84. The van der Waals surface area contributed by atoms with Gasteiger partial charge in [0.25, 0.3) is 0 Å². The molecule has 0 amide bonds. The van der Waals surface area contributed by atoms with Gasteiger partial charge in [0.15, 0.2) is 0 Å². The van der Waals surface area contributed by atoms with Gasteiger partial charge < -0.3 is 5.73 Å². The molecule has 0 aliphatic rings. The summed E-state index contributed by atoms with van der Waals surface area (Å²) in [7, 11) is 0. The maximum Gasteiger partial charge on any atom is 0.0790 e. The van der Waals surface area contributed by atoms with Gasteiger partial charge >= 0.3 is 0 Å². The van der Waals surface area contributed by atoms with E-state index < -0.39 is 0 Å². The van der Waals surface area contributed by atoms with Crippen LogP contribution in [0.4, 0.5) is 0 Å². The zero-order valence-corrected chi connectivity index (χ0v) is 11.6. The van der Waals surface area contributed by atoms with E-state index in [9.17, 15) is 0 Å². The Bertz CT molecular complexity index is 517. The van der Waals surface area contributed by atoms with Crippen LogP contribution >= 0.6 is 15.9 Å². The lowest BCUT2D eigenvalue weighted by molar-refractivity contribution is 0.723. The number of para-hydroxylation sites is 1.